The van der Waals surface area contributed by atoms with Crippen molar-refractivity contribution in [3.8, 4) is 0 Å². The highest BCUT2D eigenvalue weighted by Crippen LogP contribution is 2.42. The van der Waals surface area contributed by atoms with Crippen LogP contribution in [-0.4, -0.2) is 60.6 Å². The van der Waals surface area contributed by atoms with Gasteiger partial charge in [0.25, 0.3) is 5.91 Å². The molecule has 1 aliphatic carbocycles. The lowest BCUT2D eigenvalue weighted by molar-refractivity contribution is -0.134. The van der Waals surface area contributed by atoms with E-state index in [0.29, 0.717) is 18.8 Å². The molecule has 0 bridgehead atoms. The Hall–Kier alpha value is -2.46. The first kappa shape index (κ1) is 20.8. The summed E-state index contributed by atoms with van der Waals surface area (Å²) in [5.41, 5.74) is -0.531. The second-order valence-electron chi connectivity index (χ2n) is 8.34. The minimum Gasteiger partial charge on any atom is -0.325 e. The molecule has 2 saturated heterocycles. The van der Waals surface area contributed by atoms with Crippen molar-refractivity contribution in [1.82, 2.24) is 14.5 Å². The normalized spacial score (nSPS) is 25.3. The zero-order valence-corrected chi connectivity index (χ0v) is 17.7. The molecule has 0 unspecified atom stereocenters. The third kappa shape index (κ3) is 3.81. The highest BCUT2D eigenvalue weighted by atomic mass is 32.2. The summed E-state index contributed by atoms with van der Waals surface area (Å²) in [5, 5.41) is 5.32. The van der Waals surface area contributed by atoms with Gasteiger partial charge in [0.05, 0.1) is 4.90 Å². The SMILES string of the molecule is C[C@]1(C2CC2)NC(=O)N(CC(=O)Nc2ccc(S(=O)(=O)N3CCCCC3)cc2)C1=O. The van der Waals surface area contributed by atoms with Crippen LogP contribution in [0.15, 0.2) is 29.2 Å². The molecule has 9 nitrogen and oxygen atoms in total. The van der Waals surface area contributed by atoms with E-state index in [1.54, 1.807) is 6.92 Å². The Balaban J connectivity index is 1.38. The average molecular weight is 435 g/mol. The van der Waals surface area contributed by atoms with Gasteiger partial charge in [-0.2, -0.15) is 4.31 Å². The minimum atomic E-state index is -3.54. The molecule has 30 heavy (non-hydrogen) atoms. The lowest BCUT2D eigenvalue weighted by Crippen LogP contribution is -2.46. The van der Waals surface area contributed by atoms with Gasteiger partial charge in [-0.25, -0.2) is 13.2 Å². The van der Waals surface area contributed by atoms with Gasteiger partial charge in [0.15, 0.2) is 0 Å². The summed E-state index contributed by atoms with van der Waals surface area (Å²) in [6.45, 7) is 2.35. The van der Waals surface area contributed by atoms with E-state index in [4.69, 9.17) is 0 Å². The molecule has 4 amide bonds. The molecule has 1 saturated carbocycles. The first-order valence-electron chi connectivity index (χ1n) is 10.3. The first-order chi connectivity index (χ1) is 14.2. The lowest BCUT2D eigenvalue weighted by atomic mass is 9.96. The number of sulfonamides is 1. The van der Waals surface area contributed by atoms with Gasteiger partial charge < -0.3 is 10.6 Å². The highest BCUT2D eigenvalue weighted by molar-refractivity contribution is 7.89. The van der Waals surface area contributed by atoms with Crippen molar-refractivity contribution in [3.05, 3.63) is 24.3 Å². The fraction of sp³-hybridized carbons (Fsp3) is 0.550. The number of rotatable bonds is 6. The molecule has 1 atom stereocenters. The Labute approximate surface area is 175 Å². The molecule has 10 heteroatoms. The van der Waals surface area contributed by atoms with Gasteiger partial charge in [-0.3, -0.25) is 14.5 Å². The molecule has 1 aromatic rings. The van der Waals surface area contributed by atoms with Crippen molar-refractivity contribution in [3.63, 3.8) is 0 Å². The van der Waals surface area contributed by atoms with E-state index in [9.17, 15) is 22.8 Å². The summed E-state index contributed by atoms with van der Waals surface area (Å²) in [6, 6.07) is 5.37. The Morgan fingerprint density at radius 1 is 1.13 bits per heavy atom. The van der Waals surface area contributed by atoms with Gasteiger partial charge in [0.1, 0.15) is 12.1 Å². The van der Waals surface area contributed by atoms with E-state index in [0.717, 1.165) is 37.0 Å². The first-order valence-corrected chi connectivity index (χ1v) is 11.7. The molecule has 3 aliphatic rings. The molecule has 2 N–H and O–H groups in total. The molecular weight excluding hydrogens is 408 g/mol. The third-order valence-electron chi connectivity index (χ3n) is 6.09. The van der Waals surface area contributed by atoms with Crippen LogP contribution in [-0.2, 0) is 19.6 Å². The standard InChI is InChI=1S/C20H26N4O5S/c1-20(14-5-6-14)18(26)24(19(27)22-20)13-17(25)21-15-7-9-16(10-8-15)30(28,29)23-11-3-2-4-12-23/h7-10,14H,2-6,11-13H2,1H3,(H,21,25)(H,22,27)/t20-/m1/s1. The van der Waals surface area contributed by atoms with Gasteiger partial charge in [-0.15, -0.1) is 0 Å². The van der Waals surface area contributed by atoms with Crippen molar-refractivity contribution in [2.45, 2.75) is 49.5 Å². The van der Waals surface area contributed by atoms with Crippen LogP contribution in [0.2, 0.25) is 0 Å². The molecule has 2 aliphatic heterocycles. The van der Waals surface area contributed by atoms with E-state index in [-0.39, 0.29) is 23.3 Å². The number of amides is 4. The topological polar surface area (TPSA) is 116 Å². The monoisotopic (exact) mass is 434 g/mol. The number of urea groups is 1. The third-order valence-corrected chi connectivity index (χ3v) is 8.00. The Bertz CT molecular complexity index is 967. The average Bonchev–Trinajstić information content (AvgIpc) is 3.55. The molecule has 2 heterocycles. The summed E-state index contributed by atoms with van der Waals surface area (Å²) < 4.78 is 26.9. The van der Waals surface area contributed by atoms with Crippen LogP contribution in [0.4, 0.5) is 10.5 Å². The molecule has 4 rings (SSSR count). The summed E-state index contributed by atoms with van der Waals surface area (Å²) in [5.74, 6) is -0.783. The van der Waals surface area contributed by atoms with Crippen molar-refractivity contribution < 1.29 is 22.8 Å². The quantitative estimate of drug-likeness (QED) is 0.659. The summed E-state index contributed by atoms with van der Waals surface area (Å²) >= 11 is 0. The van der Waals surface area contributed by atoms with Crippen LogP contribution in [0.5, 0.6) is 0 Å². The summed E-state index contributed by atoms with van der Waals surface area (Å²) in [7, 11) is -3.54. The maximum absolute atomic E-state index is 12.7. The van der Waals surface area contributed by atoms with E-state index in [1.165, 1.54) is 28.6 Å². The zero-order valence-electron chi connectivity index (χ0n) is 16.9. The Kier molecular flexibility index (Phi) is 5.31. The van der Waals surface area contributed by atoms with E-state index < -0.39 is 27.5 Å². The van der Waals surface area contributed by atoms with Crippen LogP contribution in [0.1, 0.15) is 39.0 Å². The molecule has 0 radical (unpaired) electrons. The van der Waals surface area contributed by atoms with Crippen LogP contribution in [0.25, 0.3) is 0 Å². The number of nitrogens with one attached hydrogen (secondary N) is 2. The number of anilines is 1. The molecule has 3 fully saturated rings. The van der Waals surface area contributed by atoms with Crippen LogP contribution >= 0.6 is 0 Å². The Morgan fingerprint density at radius 3 is 2.37 bits per heavy atom. The lowest BCUT2D eigenvalue weighted by Gasteiger charge is -2.25. The summed E-state index contributed by atoms with van der Waals surface area (Å²) in [4.78, 5) is 38.3. The Morgan fingerprint density at radius 2 is 1.77 bits per heavy atom. The van der Waals surface area contributed by atoms with Crippen LogP contribution in [0.3, 0.4) is 0 Å². The number of hydrogen-bond donors (Lipinski definition) is 2. The molecule has 0 spiro atoms. The molecule has 162 valence electrons. The fourth-order valence-corrected chi connectivity index (χ4v) is 5.62. The molecule has 0 aromatic heterocycles. The largest absolute Gasteiger partial charge is 0.325 e. The smallest absolute Gasteiger partial charge is 0.325 e. The number of benzene rings is 1. The summed E-state index contributed by atoms with van der Waals surface area (Å²) in [6.07, 6.45) is 4.52. The van der Waals surface area contributed by atoms with E-state index in [2.05, 4.69) is 10.6 Å². The predicted octanol–water partition coefficient (Wildman–Crippen LogP) is 1.52. The van der Waals surface area contributed by atoms with Crippen LogP contribution in [0, 0.1) is 5.92 Å². The zero-order chi connectivity index (χ0) is 21.5. The number of piperidine rings is 1. The van der Waals surface area contributed by atoms with Gasteiger partial charge in [-0.1, -0.05) is 6.42 Å². The fourth-order valence-electron chi connectivity index (χ4n) is 4.11. The number of carbonyl (C=O) groups is 3. The van der Waals surface area contributed by atoms with Crippen LogP contribution < -0.4 is 10.6 Å². The predicted molar refractivity (Wildman–Crippen MR) is 109 cm³/mol. The molecular formula is C20H26N4O5S. The van der Waals surface area contributed by atoms with Gasteiger partial charge >= 0.3 is 6.03 Å². The molecule has 1 aromatic carbocycles. The van der Waals surface area contributed by atoms with Crippen molar-refractivity contribution in [1.29, 1.82) is 0 Å². The number of hydrogen-bond acceptors (Lipinski definition) is 5. The second-order valence-corrected chi connectivity index (χ2v) is 10.3. The van der Waals surface area contributed by atoms with E-state index >= 15 is 0 Å². The minimum absolute atomic E-state index is 0.122. The van der Waals surface area contributed by atoms with Crippen molar-refractivity contribution >= 4 is 33.6 Å². The van der Waals surface area contributed by atoms with Gasteiger partial charge in [0.2, 0.25) is 15.9 Å². The number of imide groups is 1. The van der Waals surface area contributed by atoms with Crippen molar-refractivity contribution in [2.75, 3.05) is 25.0 Å². The van der Waals surface area contributed by atoms with Gasteiger partial charge in [0, 0.05) is 18.8 Å². The number of carbonyl (C=O) groups excluding carboxylic acids is 3. The maximum atomic E-state index is 12.7. The van der Waals surface area contributed by atoms with Crippen molar-refractivity contribution in [2.24, 2.45) is 5.92 Å². The second kappa shape index (κ2) is 7.66. The highest BCUT2D eigenvalue weighted by Gasteiger charge is 2.56. The maximum Gasteiger partial charge on any atom is 0.325 e. The number of nitrogens with zero attached hydrogens (tertiary/aromatic N) is 2. The van der Waals surface area contributed by atoms with Gasteiger partial charge in [-0.05, 0) is 62.8 Å². The van der Waals surface area contributed by atoms with E-state index in [1.807, 2.05) is 0 Å².